The molecule has 2 aromatic heterocycles. The minimum absolute atomic E-state index is 0.242. The molecule has 0 fully saturated rings. The molecule has 7 nitrogen and oxygen atoms in total. The molecule has 0 aliphatic carbocycles. The first-order valence-electron chi connectivity index (χ1n) is 8.63. The maximum absolute atomic E-state index is 12.8. The molecular weight excluding hydrogens is 362 g/mol. The Hall–Kier alpha value is -2.87. The molecule has 0 spiro atoms. The molecule has 0 aliphatic rings. The van der Waals surface area contributed by atoms with Gasteiger partial charge in [-0.2, -0.15) is 9.78 Å². The van der Waals surface area contributed by atoms with Crippen molar-refractivity contribution in [2.45, 2.75) is 31.6 Å². The van der Waals surface area contributed by atoms with Gasteiger partial charge in [-0.3, -0.25) is 14.6 Å². The second kappa shape index (κ2) is 8.22. The number of hydrogen-bond acceptors (Lipinski definition) is 5. The summed E-state index contributed by atoms with van der Waals surface area (Å²) in [6.07, 6.45) is 3.50. The van der Waals surface area contributed by atoms with Crippen molar-refractivity contribution in [3.05, 3.63) is 63.7 Å². The van der Waals surface area contributed by atoms with Gasteiger partial charge in [-0.15, -0.1) is 11.8 Å². The summed E-state index contributed by atoms with van der Waals surface area (Å²) in [6, 6.07) is 10.6. The lowest BCUT2D eigenvalue weighted by molar-refractivity contribution is 0.102. The van der Waals surface area contributed by atoms with Gasteiger partial charge in [-0.05, 0) is 31.7 Å². The molecule has 3 aromatic rings. The van der Waals surface area contributed by atoms with E-state index >= 15 is 0 Å². The smallest absolute Gasteiger partial charge is 0.257 e. The van der Waals surface area contributed by atoms with E-state index in [0.29, 0.717) is 29.2 Å². The number of aromatic amines is 1. The van der Waals surface area contributed by atoms with Crippen LogP contribution in [-0.2, 0) is 6.42 Å². The number of rotatable bonds is 6. The van der Waals surface area contributed by atoms with Gasteiger partial charge in [0.15, 0.2) is 0 Å². The number of carbonyl (C=O) groups excluding carboxylic acids is 1. The van der Waals surface area contributed by atoms with Crippen molar-refractivity contribution < 1.29 is 4.79 Å². The molecule has 0 unspecified atom stereocenters. The van der Waals surface area contributed by atoms with Crippen LogP contribution >= 0.6 is 11.8 Å². The Bertz CT molecular complexity index is 1020. The molecule has 0 saturated carbocycles. The van der Waals surface area contributed by atoms with Crippen molar-refractivity contribution in [2.75, 3.05) is 11.6 Å². The highest BCUT2D eigenvalue weighted by molar-refractivity contribution is 7.98. The zero-order chi connectivity index (χ0) is 19.4. The van der Waals surface area contributed by atoms with E-state index in [4.69, 9.17) is 0 Å². The number of thioether (sulfide) groups is 1. The Labute approximate surface area is 161 Å². The van der Waals surface area contributed by atoms with Crippen molar-refractivity contribution in [3.8, 4) is 5.95 Å². The summed E-state index contributed by atoms with van der Waals surface area (Å²) in [4.78, 5) is 32.8. The molecule has 27 heavy (non-hydrogen) atoms. The van der Waals surface area contributed by atoms with Gasteiger partial charge in [-0.25, -0.2) is 4.98 Å². The van der Waals surface area contributed by atoms with E-state index < -0.39 is 0 Å². The number of amides is 1. The first-order chi connectivity index (χ1) is 13.0. The van der Waals surface area contributed by atoms with E-state index in [0.717, 1.165) is 11.3 Å². The van der Waals surface area contributed by atoms with Crippen molar-refractivity contribution in [1.82, 2.24) is 19.7 Å². The van der Waals surface area contributed by atoms with Crippen LogP contribution in [0.2, 0.25) is 0 Å². The number of carbonyl (C=O) groups is 1. The van der Waals surface area contributed by atoms with Crippen LogP contribution in [0.4, 0.5) is 5.82 Å². The molecule has 0 atom stereocenters. The summed E-state index contributed by atoms with van der Waals surface area (Å²) in [5.41, 5.74) is 1.72. The van der Waals surface area contributed by atoms with Crippen LogP contribution in [0, 0.1) is 6.92 Å². The van der Waals surface area contributed by atoms with E-state index in [1.165, 1.54) is 22.5 Å². The Balaban J connectivity index is 1.97. The Morgan fingerprint density at radius 3 is 2.81 bits per heavy atom. The van der Waals surface area contributed by atoms with Crippen molar-refractivity contribution in [3.63, 3.8) is 0 Å². The van der Waals surface area contributed by atoms with Crippen LogP contribution in [0.5, 0.6) is 0 Å². The third kappa shape index (κ3) is 4.28. The first-order valence-corrected chi connectivity index (χ1v) is 9.86. The second-order valence-electron chi connectivity index (χ2n) is 6.05. The van der Waals surface area contributed by atoms with E-state index in [1.54, 1.807) is 12.1 Å². The summed E-state index contributed by atoms with van der Waals surface area (Å²) in [5.74, 6) is 0.492. The number of H-pyrrole nitrogens is 1. The van der Waals surface area contributed by atoms with Crippen LogP contribution in [0.15, 0.2) is 46.1 Å². The van der Waals surface area contributed by atoms with E-state index in [9.17, 15) is 9.59 Å². The normalized spacial score (nSPS) is 10.8. The average molecular weight is 383 g/mol. The molecular formula is C19H21N5O2S. The second-order valence-corrected chi connectivity index (χ2v) is 6.90. The monoisotopic (exact) mass is 383 g/mol. The predicted octanol–water partition coefficient (Wildman–Crippen LogP) is 3.19. The Kier molecular flexibility index (Phi) is 5.75. The highest BCUT2D eigenvalue weighted by Gasteiger charge is 2.16. The summed E-state index contributed by atoms with van der Waals surface area (Å²) in [6.45, 7) is 3.84. The highest BCUT2D eigenvalue weighted by atomic mass is 32.2. The predicted molar refractivity (Wildman–Crippen MR) is 107 cm³/mol. The van der Waals surface area contributed by atoms with Crippen LogP contribution in [0.25, 0.3) is 5.95 Å². The Morgan fingerprint density at radius 2 is 2.07 bits per heavy atom. The minimum atomic E-state index is -0.249. The van der Waals surface area contributed by atoms with Crippen LogP contribution in [-0.4, -0.2) is 31.9 Å². The molecule has 0 radical (unpaired) electrons. The maximum atomic E-state index is 12.8. The third-order valence-corrected chi connectivity index (χ3v) is 4.71. The zero-order valence-corrected chi connectivity index (χ0v) is 16.3. The lowest BCUT2D eigenvalue weighted by Gasteiger charge is -2.10. The first kappa shape index (κ1) is 18.9. The highest BCUT2D eigenvalue weighted by Crippen LogP contribution is 2.22. The van der Waals surface area contributed by atoms with E-state index in [1.807, 2.05) is 38.3 Å². The fourth-order valence-electron chi connectivity index (χ4n) is 2.74. The quantitative estimate of drug-likeness (QED) is 0.638. The van der Waals surface area contributed by atoms with Gasteiger partial charge in [0.2, 0.25) is 5.95 Å². The lowest BCUT2D eigenvalue weighted by Crippen LogP contribution is -2.19. The van der Waals surface area contributed by atoms with Crippen LogP contribution in [0.3, 0.4) is 0 Å². The molecule has 2 heterocycles. The number of anilines is 1. The maximum Gasteiger partial charge on any atom is 0.257 e. The number of aryl methyl sites for hydroxylation is 2. The third-order valence-electron chi connectivity index (χ3n) is 3.91. The van der Waals surface area contributed by atoms with E-state index in [2.05, 4.69) is 20.4 Å². The van der Waals surface area contributed by atoms with Gasteiger partial charge >= 0.3 is 0 Å². The molecule has 0 bridgehead atoms. The fraction of sp³-hybridized carbons (Fsp3) is 0.263. The zero-order valence-electron chi connectivity index (χ0n) is 15.4. The molecule has 140 valence electrons. The van der Waals surface area contributed by atoms with Crippen LogP contribution < -0.4 is 10.9 Å². The number of hydrogen-bond donors (Lipinski definition) is 2. The molecule has 1 amide bonds. The summed E-state index contributed by atoms with van der Waals surface area (Å²) in [7, 11) is 0. The largest absolute Gasteiger partial charge is 0.306 e. The standard InChI is InChI=1S/C19H21N5O2S/c1-4-7-13-11-17(25)22-19(20-13)24-16(10-12(2)23-24)21-18(26)14-8-5-6-9-15(14)27-3/h5-6,8-11H,4,7H2,1-3H3,(H,21,26)(H,20,22,25). The van der Waals surface area contributed by atoms with Gasteiger partial charge in [0.05, 0.1) is 11.3 Å². The Morgan fingerprint density at radius 1 is 1.30 bits per heavy atom. The molecule has 3 rings (SSSR count). The average Bonchev–Trinajstić information content (AvgIpc) is 3.01. The number of nitrogens with zero attached hydrogens (tertiary/aromatic N) is 3. The van der Waals surface area contributed by atoms with Gasteiger partial charge in [0.25, 0.3) is 11.5 Å². The SMILES string of the molecule is CCCc1cc(=O)[nH]c(-n2nc(C)cc2NC(=O)c2ccccc2SC)n1. The summed E-state index contributed by atoms with van der Waals surface area (Å²) in [5, 5.41) is 7.25. The lowest BCUT2D eigenvalue weighted by atomic mass is 10.2. The van der Waals surface area contributed by atoms with Gasteiger partial charge in [-0.1, -0.05) is 25.5 Å². The molecule has 0 saturated heterocycles. The molecule has 2 N–H and O–H groups in total. The van der Waals surface area contributed by atoms with Gasteiger partial charge in [0.1, 0.15) is 5.82 Å². The molecule has 0 aliphatic heterocycles. The number of aromatic nitrogens is 4. The summed E-state index contributed by atoms with van der Waals surface area (Å²) < 4.78 is 1.45. The van der Waals surface area contributed by atoms with E-state index in [-0.39, 0.29) is 17.4 Å². The van der Waals surface area contributed by atoms with Crippen molar-refractivity contribution in [1.29, 1.82) is 0 Å². The van der Waals surface area contributed by atoms with Gasteiger partial charge in [0, 0.05) is 22.7 Å². The molecule has 1 aromatic carbocycles. The van der Waals surface area contributed by atoms with Crippen LogP contribution in [0.1, 0.15) is 35.1 Å². The van der Waals surface area contributed by atoms with Crippen molar-refractivity contribution in [2.24, 2.45) is 0 Å². The van der Waals surface area contributed by atoms with Gasteiger partial charge < -0.3 is 5.32 Å². The summed E-state index contributed by atoms with van der Waals surface area (Å²) >= 11 is 1.51. The minimum Gasteiger partial charge on any atom is -0.306 e. The number of benzene rings is 1. The van der Waals surface area contributed by atoms with Crippen molar-refractivity contribution >= 4 is 23.5 Å². The number of nitrogens with one attached hydrogen (secondary N) is 2. The fourth-order valence-corrected chi connectivity index (χ4v) is 3.34. The molecule has 8 heteroatoms. The topological polar surface area (TPSA) is 92.7 Å².